The van der Waals surface area contributed by atoms with Gasteiger partial charge in [0.15, 0.2) is 6.23 Å². The van der Waals surface area contributed by atoms with E-state index in [0.29, 0.717) is 18.8 Å². The standard InChI is InChI=1S/C22H28F2N6O2S/c1-12-10-30(8-7-15(25)19(12)32-3)22-16(9-26-29(22)2)27-20(31)17-11-33-21(28-17)18-13(23)5-4-6-14(18)24/h4-6,9,11-12,15,19-20,27,31H,7-8,10,25H2,1-3H3/t12-,15-,19-,20?/m1/s1. The van der Waals surface area contributed by atoms with Gasteiger partial charge < -0.3 is 25.8 Å². The number of benzene rings is 1. The summed E-state index contributed by atoms with van der Waals surface area (Å²) in [6.45, 7) is 3.52. The second kappa shape index (κ2) is 9.72. The number of anilines is 2. The van der Waals surface area contributed by atoms with Gasteiger partial charge in [0.2, 0.25) is 0 Å². The van der Waals surface area contributed by atoms with E-state index in [1.54, 1.807) is 23.4 Å². The van der Waals surface area contributed by atoms with Crippen LogP contribution in [0, 0.1) is 17.6 Å². The van der Waals surface area contributed by atoms with Crippen molar-refractivity contribution in [2.24, 2.45) is 18.7 Å². The molecule has 1 aromatic carbocycles. The van der Waals surface area contributed by atoms with Crippen molar-refractivity contribution in [2.75, 3.05) is 30.4 Å². The summed E-state index contributed by atoms with van der Waals surface area (Å²) in [6.07, 6.45) is 1.15. The molecule has 3 aromatic rings. The number of aliphatic hydroxyl groups excluding tert-OH is 1. The maximum absolute atomic E-state index is 14.1. The SMILES string of the molecule is CO[C@@H]1[C@H](C)CN(c2c(NC(O)c3csc(-c4c(F)cccc4F)n3)cnn2C)CC[C@H]1N. The van der Waals surface area contributed by atoms with E-state index < -0.39 is 17.9 Å². The lowest BCUT2D eigenvalue weighted by atomic mass is 9.98. The van der Waals surface area contributed by atoms with Gasteiger partial charge in [0.05, 0.1) is 23.6 Å². The molecule has 0 radical (unpaired) electrons. The van der Waals surface area contributed by atoms with Gasteiger partial charge in [-0.05, 0) is 18.6 Å². The van der Waals surface area contributed by atoms with Gasteiger partial charge >= 0.3 is 0 Å². The number of nitrogens with one attached hydrogen (secondary N) is 1. The summed E-state index contributed by atoms with van der Waals surface area (Å²) in [5, 5.41) is 19.9. The first-order chi connectivity index (χ1) is 15.8. The molecule has 2 aromatic heterocycles. The minimum Gasteiger partial charge on any atom is -0.379 e. The number of methoxy groups -OCH3 is 1. The molecule has 0 amide bonds. The first-order valence-electron chi connectivity index (χ1n) is 10.7. The Labute approximate surface area is 195 Å². The first kappa shape index (κ1) is 23.6. The molecule has 1 fully saturated rings. The van der Waals surface area contributed by atoms with Crippen LogP contribution in [0.1, 0.15) is 25.3 Å². The van der Waals surface area contributed by atoms with Crippen molar-refractivity contribution in [3.05, 3.63) is 47.1 Å². The molecule has 1 saturated heterocycles. The summed E-state index contributed by atoms with van der Waals surface area (Å²) in [6, 6.07) is 3.59. The molecule has 8 nitrogen and oxygen atoms in total. The van der Waals surface area contributed by atoms with E-state index in [4.69, 9.17) is 10.5 Å². The molecule has 1 aliphatic rings. The summed E-state index contributed by atoms with van der Waals surface area (Å²) in [5.41, 5.74) is 6.99. The van der Waals surface area contributed by atoms with Gasteiger partial charge in [0.25, 0.3) is 0 Å². The number of halogens is 2. The molecule has 0 bridgehead atoms. The van der Waals surface area contributed by atoms with Crippen LogP contribution in [0.25, 0.3) is 10.6 Å². The third kappa shape index (κ3) is 4.72. The Bertz CT molecular complexity index is 1090. The number of rotatable bonds is 6. The topological polar surface area (TPSA) is 101 Å². The smallest absolute Gasteiger partial charge is 0.169 e. The molecular weight excluding hydrogens is 450 g/mol. The minimum absolute atomic E-state index is 0.0440. The zero-order chi connectivity index (χ0) is 23.7. The molecule has 0 aliphatic carbocycles. The fourth-order valence-corrected chi connectivity index (χ4v) is 5.28. The van der Waals surface area contributed by atoms with Gasteiger partial charge in [-0.3, -0.25) is 4.68 Å². The number of aliphatic hydroxyl groups is 1. The molecule has 4 atom stereocenters. The Morgan fingerprint density at radius 1 is 1.33 bits per heavy atom. The third-order valence-electron chi connectivity index (χ3n) is 5.97. The second-order valence-electron chi connectivity index (χ2n) is 8.30. The van der Waals surface area contributed by atoms with Gasteiger partial charge in [-0.1, -0.05) is 13.0 Å². The predicted octanol–water partition coefficient (Wildman–Crippen LogP) is 3.11. The zero-order valence-electron chi connectivity index (χ0n) is 18.7. The zero-order valence-corrected chi connectivity index (χ0v) is 19.5. The Kier molecular flexibility index (Phi) is 6.94. The highest BCUT2D eigenvalue weighted by atomic mass is 32.1. The number of nitrogens with zero attached hydrogens (tertiary/aromatic N) is 4. The van der Waals surface area contributed by atoms with Crippen molar-refractivity contribution in [2.45, 2.75) is 31.7 Å². The number of aromatic nitrogens is 3. The van der Waals surface area contributed by atoms with Gasteiger partial charge in [-0.25, -0.2) is 13.8 Å². The highest BCUT2D eigenvalue weighted by molar-refractivity contribution is 7.13. The summed E-state index contributed by atoms with van der Waals surface area (Å²) in [5.74, 6) is -0.399. The van der Waals surface area contributed by atoms with Crippen LogP contribution in [0.5, 0.6) is 0 Å². The lowest BCUT2D eigenvalue weighted by Gasteiger charge is -2.28. The minimum atomic E-state index is -1.19. The molecule has 1 unspecified atom stereocenters. The van der Waals surface area contributed by atoms with Gasteiger partial charge in [-0.2, -0.15) is 5.10 Å². The fraction of sp³-hybridized carbons (Fsp3) is 0.455. The third-order valence-corrected chi connectivity index (χ3v) is 6.85. The predicted molar refractivity (Wildman–Crippen MR) is 124 cm³/mol. The quantitative estimate of drug-likeness (QED) is 0.468. The van der Waals surface area contributed by atoms with Crippen LogP contribution < -0.4 is 16.0 Å². The largest absolute Gasteiger partial charge is 0.379 e. The molecule has 3 heterocycles. The van der Waals surface area contributed by atoms with E-state index in [9.17, 15) is 13.9 Å². The maximum Gasteiger partial charge on any atom is 0.169 e. The van der Waals surface area contributed by atoms with Gasteiger partial charge in [0.1, 0.15) is 28.2 Å². The van der Waals surface area contributed by atoms with E-state index >= 15 is 0 Å². The lowest BCUT2D eigenvalue weighted by Crippen LogP contribution is -2.40. The Hall–Kier alpha value is -2.60. The molecule has 11 heteroatoms. The van der Waals surface area contributed by atoms with Crippen LogP contribution in [0.3, 0.4) is 0 Å². The number of ether oxygens (including phenoxy) is 1. The molecule has 178 valence electrons. The summed E-state index contributed by atoms with van der Waals surface area (Å²) < 4.78 is 35.6. The van der Waals surface area contributed by atoms with Crippen LogP contribution in [0.15, 0.2) is 29.8 Å². The Balaban J connectivity index is 1.55. The number of hydrogen-bond donors (Lipinski definition) is 3. The summed E-state index contributed by atoms with van der Waals surface area (Å²) in [7, 11) is 3.51. The van der Waals surface area contributed by atoms with Gasteiger partial charge in [0, 0.05) is 44.6 Å². The Morgan fingerprint density at radius 3 is 2.76 bits per heavy atom. The van der Waals surface area contributed by atoms with E-state index in [-0.39, 0.29) is 34.3 Å². The number of thiazole rings is 1. The van der Waals surface area contributed by atoms with E-state index in [0.717, 1.165) is 23.6 Å². The highest BCUT2D eigenvalue weighted by Gasteiger charge is 2.32. The summed E-state index contributed by atoms with van der Waals surface area (Å²) >= 11 is 1.06. The number of hydrogen-bond acceptors (Lipinski definition) is 8. The first-order valence-corrected chi connectivity index (χ1v) is 11.6. The highest BCUT2D eigenvalue weighted by Crippen LogP contribution is 2.34. The van der Waals surface area contributed by atoms with Crippen LogP contribution in [-0.4, -0.2) is 52.2 Å². The second-order valence-corrected chi connectivity index (χ2v) is 9.16. The molecule has 4 rings (SSSR count). The van der Waals surface area contributed by atoms with Crippen LogP contribution >= 0.6 is 11.3 Å². The van der Waals surface area contributed by atoms with Crippen molar-refractivity contribution in [1.29, 1.82) is 0 Å². The van der Waals surface area contributed by atoms with Crippen molar-refractivity contribution in [1.82, 2.24) is 14.8 Å². The average molecular weight is 479 g/mol. The van der Waals surface area contributed by atoms with E-state index in [1.807, 2.05) is 7.05 Å². The van der Waals surface area contributed by atoms with E-state index in [1.165, 1.54) is 18.2 Å². The number of aryl methyl sites for hydroxylation is 1. The van der Waals surface area contributed by atoms with Crippen LogP contribution in [0.2, 0.25) is 0 Å². The average Bonchev–Trinajstić information content (AvgIpc) is 3.35. The summed E-state index contributed by atoms with van der Waals surface area (Å²) in [4.78, 5) is 6.43. The molecular formula is C22H28F2N6O2S. The lowest BCUT2D eigenvalue weighted by molar-refractivity contribution is 0.0447. The number of nitrogens with two attached hydrogens (primary N) is 1. The molecule has 4 N–H and O–H groups in total. The van der Waals surface area contributed by atoms with Crippen LogP contribution in [-0.2, 0) is 11.8 Å². The fourth-order valence-electron chi connectivity index (χ4n) is 4.39. The van der Waals surface area contributed by atoms with Crippen molar-refractivity contribution >= 4 is 22.8 Å². The molecule has 1 aliphatic heterocycles. The molecule has 0 saturated carbocycles. The molecule has 0 spiro atoms. The Morgan fingerprint density at radius 2 is 2.06 bits per heavy atom. The normalized spacial score (nSPS) is 22.3. The van der Waals surface area contributed by atoms with Gasteiger partial charge in [-0.15, -0.1) is 11.3 Å². The van der Waals surface area contributed by atoms with Crippen molar-refractivity contribution in [3.63, 3.8) is 0 Å². The van der Waals surface area contributed by atoms with Crippen LogP contribution in [0.4, 0.5) is 20.3 Å². The molecule has 33 heavy (non-hydrogen) atoms. The van der Waals surface area contributed by atoms with E-state index in [2.05, 4.69) is 27.2 Å². The van der Waals surface area contributed by atoms with Crippen molar-refractivity contribution in [3.8, 4) is 10.6 Å². The van der Waals surface area contributed by atoms with Crippen molar-refractivity contribution < 1.29 is 18.6 Å². The monoisotopic (exact) mass is 478 g/mol. The maximum atomic E-state index is 14.1.